The number of rotatable bonds is 8. The Morgan fingerprint density at radius 2 is 0.750 bits per heavy atom. The van der Waals surface area contributed by atoms with E-state index in [1.165, 1.54) is 49.0 Å². The van der Waals surface area contributed by atoms with Crippen LogP contribution in [-0.2, 0) is 0 Å². The van der Waals surface area contributed by atoms with Crippen LogP contribution in [0.25, 0.3) is 78.3 Å². The third-order valence-electron chi connectivity index (χ3n) is 11.1. The molecular formula is C55H36N4S. The van der Waals surface area contributed by atoms with Crippen molar-refractivity contribution in [1.82, 2.24) is 15.0 Å². The number of nitrogens with zero attached hydrogens (tertiary/aromatic N) is 4. The van der Waals surface area contributed by atoms with E-state index in [9.17, 15) is 0 Å². The molecule has 60 heavy (non-hydrogen) atoms. The summed E-state index contributed by atoms with van der Waals surface area (Å²) in [5.74, 6) is 1.96. The smallest absolute Gasteiger partial charge is 0.165 e. The van der Waals surface area contributed by atoms with Crippen LogP contribution in [0.1, 0.15) is 0 Å². The lowest BCUT2D eigenvalue weighted by Crippen LogP contribution is -2.11. The number of fused-ring (bicyclic) bond motifs is 2. The molecule has 0 amide bonds. The Kier molecular flexibility index (Phi) is 9.06. The lowest BCUT2D eigenvalue weighted by atomic mass is 9.94. The zero-order chi connectivity index (χ0) is 39.8. The minimum absolute atomic E-state index is 0.652. The van der Waals surface area contributed by atoms with Gasteiger partial charge in [-0.05, 0) is 75.8 Å². The van der Waals surface area contributed by atoms with E-state index in [1.54, 1.807) is 11.8 Å². The molecule has 11 rings (SSSR count). The first-order chi connectivity index (χ1) is 29.7. The number of hydrogen-bond acceptors (Lipinski definition) is 5. The molecule has 1 aliphatic heterocycles. The summed E-state index contributed by atoms with van der Waals surface area (Å²) in [4.78, 5) is 19.9. The van der Waals surface area contributed by atoms with E-state index in [0.717, 1.165) is 38.6 Å². The van der Waals surface area contributed by atoms with Gasteiger partial charge in [-0.1, -0.05) is 188 Å². The van der Waals surface area contributed by atoms with E-state index >= 15 is 0 Å². The highest BCUT2D eigenvalue weighted by Gasteiger charge is 2.26. The van der Waals surface area contributed by atoms with Gasteiger partial charge in [-0.3, -0.25) is 0 Å². The van der Waals surface area contributed by atoms with Crippen molar-refractivity contribution < 1.29 is 0 Å². The first-order valence-electron chi connectivity index (χ1n) is 20.1. The second-order valence-electron chi connectivity index (χ2n) is 14.8. The van der Waals surface area contributed by atoms with Gasteiger partial charge < -0.3 is 4.90 Å². The standard InChI is InChI=1S/C55H36N4S/c1-5-15-37(16-6-1)39-27-31-43(32-28-39)59(44-33-29-40(30-34-44)38-17-7-2-8-18-38)49-35-36-50-51-45(23-13-25-47(49)51)46-24-14-26-48(52(46)60-50)55-57-53(41-19-9-3-10-20-41)56-54(58-55)42-21-11-4-12-22-42/h1-36H. The van der Waals surface area contributed by atoms with Gasteiger partial charge in [0, 0.05) is 48.6 Å². The van der Waals surface area contributed by atoms with Gasteiger partial charge in [0.1, 0.15) is 0 Å². The molecule has 0 bridgehead atoms. The van der Waals surface area contributed by atoms with Crippen molar-refractivity contribution in [3.05, 3.63) is 218 Å². The number of anilines is 3. The van der Waals surface area contributed by atoms with Crippen molar-refractivity contribution in [2.45, 2.75) is 9.79 Å². The molecule has 4 nitrogen and oxygen atoms in total. The predicted octanol–water partition coefficient (Wildman–Crippen LogP) is 15.0. The van der Waals surface area contributed by atoms with Crippen LogP contribution in [0.4, 0.5) is 17.1 Å². The van der Waals surface area contributed by atoms with Crippen LogP contribution in [0.5, 0.6) is 0 Å². The second-order valence-corrected chi connectivity index (χ2v) is 15.8. The van der Waals surface area contributed by atoms with Crippen molar-refractivity contribution in [3.63, 3.8) is 0 Å². The molecule has 0 saturated carbocycles. The van der Waals surface area contributed by atoms with Gasteiger partial charge in [-0.25, -0.2) is 15.0 Å². The maximum Gasteiger partial charge on any atom is 0.165 e. The molecule has 10 aromatic rings. The molecule has 9 aromatic carbocycles. The summed E-state index contributed by atoms with van der Waals surface area (Å²) in [6, 6.07) is 77.1. The highest BCUT2D eigenvalue weighted by Crippen LogP contribution is 2.53. The number of hydrogen-bond donors (Lipinski definition) is 0. The van der Waals surface area contributed by atoms with Gasteiger partial charge >= 0.3 is 0 Å². The van der Waals surface area contributed by atoms with Crippen LogP contribution >= 0.6 is 11.8 Å². The number of aromatic nitrogens is 3. The lowest BCUT2D eigenvalue weighted by molar-refractivity contribution is 1.07. The van der Waals surface area contributed by atoms with E-state index in [4.69, 9.17) is 15.0 Å². The van der Waals surface area contributed by atoms with Crippen molar-refractivity contribution in [2.24, 2.45) is 0 Å². The molecule has 0 saturated heterocycles. The molecule has 0 atom stereocenters. The topological polar surface area (TPSA) is 41.9 Å². The molecule has 2 heterocycles. The van der Waals surface area contributed by atoms with Gasteiger partial charge in [-0.15, -0.1) is 0 Å². The van der Waals surface area contributed by atoms with Crippen LogP contribution in [0.15, 0.2) is 228 Å². The Morgan fingerprint density at radius 3 is 1.28 bits per heavy atom. The zero-order valence-corrected chi connectivity index (χ0v) is 33.3. The van der Waals surface area contributed by atoms with Crippen LogP contribution in [0.2, 0.25) is 0 Å². The summed E-state index contributed by atoms with van der Waals surface area (Å²) in [6.45, 7) is 0. The highest BCUT2D eigenvalue weighted by molar-refractivity contribution is 8.00. The van der Waals surface area contributed by atoms with E-state index in [2.05, 4.69) is 187 Å². The normalized spacial score (nSPS) is 11.6. The maximum absolute atomic E-state index is 5.13. The van der Waals surface area contributed by atoms with Gasteiger partial charge in [-0.2, -0.15) is 0 Å². The first-order valence-corrected chi connectivity index (χ1v) is 20.9. The minimum atomic E-state index is 0.652. The van der Waals surface area contributed by atoms with E-state index in [0.29, 0.717) is 17.5 Å². The predicted molar refractivity (Wildman–Crippen MR) is 249 cm³/mol. The summed E-state index contributed by atoms with van der Waals surface area (Å²) in [7, 11) is 0. The molecule has 0 radical (unpaired) electrons. The first kappa shape index (κ1) is 35.6. The average molecular weight is 785 g/mol. The Morgan fingerprint density at radius 1 is 0.317 bits per heavy atom. The van der Waals surface area contributed by atoms with Gasteiger partial charge in [0.05, 0.1) is 5.69 Å². The number of benzene rings is 9. The van der Waals surface area contributed by atoms with Crippen molar-refractivity contribution in [3.8, 4) is 67.5 Å². The third-order valence-corrected chi connectivity index (χ3v) is 12.3. The van der Waals surface area contributed by atoms with Gasteiger partial charge in [0.25, 0.3) is 0 Å². The fourth-order valence-electron chi connectivity index (χ4n) is 8.23. The van der Waals surface area contributed by atoms with Crippen molar-refractivity contribution in [2.75, 3.05) is 4.90 Å². The van der Waals surface area contributed by atoms with Crippen molar-refractivity contribution >= 4 is 39.6 Å². The maximum atomic E-state index is 5.13. The Hall–Kier alpha value is -7.60. The third kappa shape index (κ3) is 6.51. The molecule has 0 spiro atoms. The zero-order valence-electron chi connectivity index (χ0n) is 32.5. The summed E-state index contributed by atoms with van der Waals surface area (Å²) < 4.78 is 0. The minimum Gasteiger partial charge on any atom is -0.310 e. The van der Waals surface area contributed by atoms with Crippen LogP contribution in [0.3, 0.4) is 0 Å². The molecule has 0 N–H and O–H groups in total. The summed E-state index contributed by atoms with van der Waals surface area (Å²) in [5, 5.41) is 2.42. The monoisotopic (exact) mass is 784 g/mol. The van der Waals surface area contributed by atoms with Crippen LogP contribution < -0.4 is 4.90 Å². The molecule has 5 heteroatoms. The van der Waals surface area contributed by atoms with Gasteiger partial charge in [0.15, 0.2) is 17.5 Å². The SMILES string of the molecule is c1ccc(-c2ccc(N(c3ccc(-c4ccccc4)cc3)c3ccc4c5c(cccc35)-c3cccc(-c5nc(-c6ccccc6)nc(-c6ccccc6)n5)c3S4)cc2)cc1. The molecule has 0 aliphatic carbocycles. The fourth-order valence-corrected chi connectivity index (χ4v) is 9.47. The fraction of sp³-hybridized carbons (Fsp3) is 0. The quantitative estimate of drug-likeness (QED) is 0.153. The molecule has 0 fully saturated rings. The molecular weight excluding hydrogens is 749 g/mol. The second kappa shape index (κ2) is 15.3. The Balaban J connectivity index is 1.05. The van der Waals surface area contributed by atoms with Crippen LogP contribution in [0, 0.1) is 0 Å². The Bertz CT molecular complexity index is 3000. The highest BCUT2D eigenvalue weighted by atomic mass is 32.2. The molecule has 0 unspecified atom stereocenters. The van der Waals surface area contributed by atoms with Crippen LogP contribution in [-0.4, -0.2) is 15.0 Å². The average Bonchev–Trinajstić information content (AvgIpc) is 3.33. The van der Waals surface area contributed by atoms with Crippen molar-refractivity contribution in [1.29, 1.82) is 0 Å². The van der Waals surface area contributed by atoms with E-state index < -0.39 is 0 Å². The largest absolute Gasteiger partial charge is 0.310 e. The molecule has 1 aliphatic rings. The summed E-state index contributed by atoms with van der Waals surface area (Å²) >= 11 is 1.79. The van der Waals surface area contributed by atoms with E-state index in [-0.39, 0.29) is 0 Å². The Labute approximate surface area is 353 Å². The molecule has 282 valence electrons. The lowest BCUT2D eigenvalue weighted by Gasteiger charge is -2.29. The van der Waals surface area contributed by atoms with Gasteiger partial charge in [0.2, 0.25) is 0 Å². The summed E-state index contributed by atoms with van der Waals surface area (Å²) in [6.07, 6.45) is 0. The molecule has 1 aromatic heterocycles. The summed E-state index contributed by atoms with van der Waals surface area (Å²) in [5.41, 5.74) is 13.3. The van der Waals surface area contributed by atoms with E-state index in [1.807, 2.05) is 36.4 Å².